The SMILES string of the molecule is Cc1ccc(NC(=O)[C@H]2[C@H]3C=C[C@@]4(O3)[C@H]2C(=O)N(Cc2ccc(F)cc2)[C@@H]4C(=O)N[C@@H]2CCC[C@@H](C)[C@@H]2C)cc1Cl. The maximum atomic E-state index is 14.2. The Bertz CT molecular complexity index is 1410. The molecule has 4 aliphatic rings. The molecule has 0 radical (unpaired) electrons. The topological polar surface area (TPSA) is 87.7 Å². The van der Waals surface area contributed by atoms with Crippen LogP contribution in [0.1, 0.15) is 44.2 Å². The van der Waals surface area contributed by atoms with Gasteiger partial charge in [-0.25, -0.2) is 4.39 Å². The van der Waals surface area contributed by atoms with Gasteiger partial charge < -0.3 is 20.3 Å². The largest absolute Gasteiger partial charge is 0.359 e. The van der Waals surface area contributed by atoms with E-state index in [0.717, 1.165) is 24.8 Å². The molecule has 41 heavy (non-hydrogen) atoms. The summed E-state index contributed by atoms with van der Waals surface area (Å²) in [4.78, 5) is 43.5. The Kier molecular flexibility index (Phi) is 7.19. The van der Waals surface area contributed by atoms with E-state index in [0.29, 0.717) is 28.1 Å². The number of nitrogens with one attached hydrogen (secondary N) is 2. The highest BCUT2D eigenvalue weighted by Gasteiger charge is 2.72. The molecule has 3 aliphatic heterocycles. The van der Waals surface area contributed by atoms with Gasteiger partial charge in [-0.2, -0.15) is 0 Å². The molecule has 216 valence electrons. The second-order valence-corrected chi connectivity index (χ2v) is 12.5. The number of halogens is 2. The standard InChI is InChI=1S/C32H35ClFN3O4/c1-17-5-4-6-24(19(17)3)36-30(39)28-32-14-13-25(41-32)26(29(38)35-22-12-7-18(2)23(33)15-22)27(32)31(40)37(28)16-20-8-10-21(34)11-9-20/h7-15,17,19,24-28H,4-6,16H2,1-3H3,(H,35,38)(H,36,39)/t17-,19+,24-,25-,26+,27-,28-,32-/m1/s1. The highest BCUT2D eigenvalue weighted by Crippen LogP contribution is 2.55. The lowest BCUT2D eigenvalue weighted by molar-refractivity contribution is -0.142. The number of amides is 3. The second-order valence-electron chi connectivity index (χ2n) is 12.1. The maximum Gasteiger partial charge on any atom is 0.246 e. The smallest absolute Gasteiger partial charge is 0.246 e. The minimum absolute atomic E-state index is 0.0163. The Hall–Kier alpha value is -3.23. The first-order valence-corrected chi connectivity index (χ1v) is 14.8. The van der Waals surface area contributed by atoms with Crippen molar-refractivity contribution in [2.45, 2.75) is 70.4 Å². The molecule has 1 spiro atoms. The highest BCUT2D eigenvalue weighted by molar-refractivity contribution is 6.31. The van der Waals surface area contributed by atoms with Crippen molar-refractivity contribution in [3.8, 4) is 0 Å². The molecule has 2 saturated heterocycles. The van der Waals surface area contributed by atoms with Gasteiger partial charge in [0.05, 0.1) is 17.9 Å². The number of hydrogen-bond donors (Lipinski definition) is 2. The number of aryl methyl sites for hydroxylation is 1. The minimum atomic E-state index is -1.28. The highest BCUT2D eigenvalue weighted by atomic mass is 35.5. The van der Waals surface area contributed by atoms with Crippen molar-refractivity contribution >= 4 is 35.0 Å². The van der Waals surface area contributed by atoms with Crippen LogP contribution in [0.25, 0.3) is 0 Å². The number of fused-ring (bicyclic) bond motifs is 1. The van der Waals surface area contributed by atoms with Crippen LogP contribution < -0.4 is 10.6 Å². The fourth-order valence-electron chi connectivity index (χ4n) is 7.17. The first-order valence-electron chi connectivity index (χ1n) is 14.4. The van der Waals surface area contributed by atoms with Crippen LogP contribution in [0.4, 0.5) is 10.1 Å². The van der Waals surface area contributed by atoms with Gasteiger partial charge in [0.2, 0.25) is 17.7 Å². The van der Waals surface area contributed by atoms with Crippen molar-refractivity contribution in [1.29, 1.82) is 0 Å². The van der Waals surface area contributed by atoms with Crippen molar-refractivity contribution in [1.82, 2.24) is 10.2 Å². The van der Waals surface area contributed by atoms with Crippen LogP contribution in [0.5, 0.6) is 0 Å². The van der Waals surface area contributed by atoms with Crippen LogP contribution in [-0.2, 0) is 25.7 Å². The van der Waals surface area contributed by atoms with Gasteiger partial charge in [-0.3, -0.25) is 14.4 Å². The molecule has 8 atom stereocenters. The van der Waals surface area contributed by atoms with E-state index in [1.807, 2.05) is 13.0 Å². The third-order valence-electron chi connectivity index (χ3n) is 9.67. The van der Waals surface area contributed by atoms with Crippen molar-refractivity contribution in [3.63, 3.8) is 0 Å². The lowest BCUT2D eigenvalue weighted by Gasteiger charge is -2.38. The molecule has 7 nitrogen and oxygen atoms in total. The lowest BCUT2D eigenvalue weighted by Crippen LogP contribution is -2.57. The van der Waals surface area contributed by atoms with E-state index in [-0.39, 0.29) is 36.1 Å². The Labute approximate surface area is 244 Å². The zero-order chi connectivity index (χ0) is 29.1. The average molecular weight is 580 g/mol. The molecule has 3 heterocycles. The number of anilines is 1. The van der Waals surface area contributed by atoms with Crippen molar-refractivity contribution in [3.05, 3.63) is 76.6 Å². The molecule has 6 rings (SSSR count). The van der Waals surface area contributed by atoms with Gasteiger partial charge in [0, 0.05) is 23.3 Å². The normalized spacial score (nSPS) is 33.6. The predicted molar refractivity (Wildman–Crippen MR) is 153 cm³/mol. The fourth-order valence-corrected chi connectivity index (χ4v) is 7.35. The Morgan fingerprint density at radius 1 is 1.12 bits per heavy atom. The van der Waals surface area contributed by atoms with Gasteiger partial charge >= 0.3 is 0 Å². The molecule has 3 amide bonds. The van der Waals surface area contributed by atoms with Crippen molar-refractivity contribution in [2.75, 3.05) is 5.32 Å². The number of rotatable bonds is 6. The third kappa shape index (κ3) is 4.75. The van der Waals surface area contributed by atoms with E-state index in [9.17, 15) is 18.8 Å². The monoisotopic (exact) mass is 579 g/mol. The molecule has 2 N–H and O–H groups in total. The Balaban J connectivity index is 1.32. The number of carbonyl (C=O) groups is 3. The van der Waals surface area contributed by atoms with Crippen LogP contribution in [0.3, 0.4) is 0 Å². The number of benzene rings is 2. The molecule has 1 aliphatic carbocycles. The van der Waals surface area contributed by atoms with Crippen LogP contribution in [0, 0.1) is 36.4 Å². The molecule has 9 heteroatoms. The van der Waals surface area contributed by atoms with Crippen molar-refractivity contribution < 1.29 is 23.5 Å². The zero-order valence-corrected chi connectivity index (χ0v) is 24.2. The summed E-state index contributed by atoms with van der Waals surface area (Å²) in [5.74, 6) is -2.30. The van der Waals surface area contributed by atoms with Gasteiger partial charge in [0.25, 0.3) is 0 Å². The maximum absolute atomic E-state index is 14.2. The van der Waals surface area contributed by atoms with E-state index < -0.39 is 29.6 Å². The third-order valence-corrected chi connectivity index (χ3v) is 10.1. The van der Waals surface area contributed by atoms with Gasteiger partial charge in [0.15, 0.2) is 0 Å². The summed E-state index contributed by atoms with van der Waals surface area (Å²) in [6.45, 7) is 6.32. The Morgan fingerprint density at radius 3 is 2.61 bits per heavy atom. The van der Waals surface area contributed by atoms with E-state index in [1.165, 1.54) is 17.0 Å². The van der Waals surface area contributed by atoms with E-state index in [2.05, 4.69) is 24.5 Å². The molecule has 0 unspecified atom stereocenters. The molecule has 2 bridgehead atoms. The molecule has 1 saturated carbocycles. The minimum Gasteiger partial charge on any atom is -0.359 e. The van der Waals surface area contributed by atoms with Gasteiger partial charge in [-0.15, -0.1) is 0 Å². The summed E-state index contributed by atoms with van der Waals surface area (Å²) in [6, 6.07) is 10.1. The average Bonchev–Trinajstić information content (AvgIpc) is 3.58. The molecule has 3 fully saturated rings. The molecule has 2 aromatic rings. The lowest BCUT2D eigenvalue weighted by atomic mass is 9.73. The van der Waals surface area contributed by atoms with Crippen LogP contribution in [0.2, 0.25) is 5.02 Å². The number of ether oxygens (including phenoxy) is 1. The number of carbonyl (C=O) groups excluding carboxylic acids is 3. The van der Waals surface area contributed by atoms with Crippen LogP contribution in [0.15, 0.2) is 54.6 Å². The molecular formula is C32H35ClFN3O4. The van der Waals surface area contributed by atoms with Crippen LogP contribution >= 0.6 is 11.6 Å². The fraction of sp³-hybridized carbons (Fsp3) is 0.469. The number of nitrogens with zero attached hydrogens (tertiary/aromatic N) is 1. The summed E-state index contributed by atoms with van der Waals surface area (Å²) >= 11 is 6.27. The molecule has 2 aromatic carbocycles. The molecule has 0 aromatic heterocycles. The van der Waals surface area contributed by atoms with E-state index >= 15 is 0 Å². The zero-order valence-electron chi connectivity index (χ0n) is 23.4. The summed E-state index contributed by atoms with van der Waals surface area (Å²) in [5.41, 5.74) is 0.812. The van der Waals surface area contributed by atoms with Gasteiger partial charge in [-0.05, 0) is 60.6 Å². The van der Waals surface area contributed by atoms with Gasteiger partial charge in [0.1, 0.15) is 17.5 Å². The van der Waals surface area contributed by atoms with E-state index in [4.69, 9.17) is 16.3 Å². The predicted octanol–water partition coefficient (Wildman–Crippen LogP) is 5.02. The summed E-state index contributed by atoms with van der Waals surface area (Å²) in [7, 11) is 0. The first kappa shape index (κ1) is 27.9. The number of likely N-dealkylation sites (tertiary alicyclic amines) is 1. The summed E-state index contributed by atoms with van der Waals surface area (Å²) in [6.07, 6.45) is 5.97. The second kappa shape index (κ2) is 10.6. The molecular weight excluding hydrogens is 545 g/mol. The summed E-state index contributed by atoms with van der Waals surface area (Å²) < 4.78 is 20.1. The van der Waals surface area contributed by atoms with Crippen molar-refractivity contribution in [2.24, 2.45) is 23.7 Å². The van der Waals surface area contributed by atoms with E-state index in [1.54, 1.807) is 36.4 Å². The Morgan fingerprint density at radius 2 is 1.88 bits per heavy atom. The quantitative estimate of drug-likeness (QED) is 0.471. The van der Waals surface area contributed by atoms with Gasteiger partial charge in [-0.1, -0.05) is 68.6 Å². The van der Waals surface area contributed by atoms with Crippen LogP contribution in [-0.4, -0.2) is 46.4 Å². The first-order chi connectivity index (χ1) is 19.6. The number of hydrogen-bond acceptors (Lipinski definition) is 4. The summed E-state index contributed by atoms with van der Waals surface area (Å²) in [5, 5.41) is 6.68.